The van der Waals surface area contributed by atoms with Crippen LogP contribution in [0.5, 0.6) is 5.75 Å². The number of benzene rings is 2. The molecule has 0 aliphatic heterocycles. The summed E-state index contributed by atoms with van der Waals surface area (Å²) >= 11 is 9.50. The van der Waals surface area contributed by atoms with Crippen LogP contribution in [-0.4, -0.2) is 29.3 Å². The number of nitrogen functional groups attached to an aromatic ring is 1. The second kappa shape index (κ2) is 10.2. The van der Waals surface area contributed by atoms with Crippen molar-refractivity contribution in [3.05, 3.63) is 68.8 Å². The van der Waals surface area contributed by atoms with Gasteiger partial charge in [0.2, 0.25) is 11.5 Å². The molecular formula is C19H19BrClN5O3. The van der Waals surface area contributed by atoms with Crippen LogP contribution in [0.1, 0.15) is 21.6 Å². The topological polar surface area (TPSA) is 115 Å². The van der Waals surface area contributed by atoms with Crippen LogP contribution in [0, 0.1) is 0 Å². The molecule has 0 saturated heterocycles. The van der Waals surface area contributed by atoms with Gasteiger partial charge in [0.15, 0.2) is 0 Å². The van der Waals surface area contributed by atoms with Crippen LogP contribution in [0.25, 0.3) is 0 Å². The molecule has 2 aromatic carbocycles. The van der Waals surface area contributed by atoms with Gasteiger partial charge >= 0.3 is 0 Å². The molecule has 8 nitrogen and oxygen atoms in total. The van der Waals surface area contributed by atoms with Crippen molar-refractivity contribution in [2.45, 2.75) is 13.2 Å². The summed E-state index contributed by atoms with van der Waals surface area (Å²) in [4.78, 5) is 11.9. The monoisotopic (exact) mass is 479 g/mol. The lowest BCUT2D eigenvalue weighted by atomic mass is 10.2. The minimum absolute atomic E-state index is 0.0197. The molecule has 4 N–H and O–H groups in total. The largest absolute Gasteiger partial charge is 0.489 e. The predicted molar refractivity (Wildman–Crippen MR) is 113 cm³/mol. The van der Waals surface area contributed by atoms with E-state index in [4.69, 9.17) is 22.1 Å². The van der Waals surface area contributed by atoms with Crippen molar-refractivity contribution < 1.29 is 14.2 Å². The molecule has 3 rings (SSSR count). The van der Waals surface area contributed by atoms with E-state index in [0.29, 0.717) is 31.3 Å². The van der Waals surface area contributed by atoms with Gasteiger partial charge in [0, 0.05) is 34.7 Å². The van der Waals surface area contributed by atoms with Crippen molar-refractivity contribution in [3.63, 3.8) is 0 Å². The minimum Gasteiger partial charge on any atom is -0.489 e. The quantitative estimate of drug-likeness (QED) is 0.403. The molecule has 0 saturated carbocycles. The Balaban J connectivity index is 1.49. The number of halogens is 2. The molecule has 3 aromatic rings. The maximum absolute atomic E-state index is 11.9. The molecule has 1 amide bonds. The lowest BCUT2D eigenvalue weighted by Gasteiger charge is -2.13. The molecule has 0 radical (unpaired) electrons. The Morgan fingerprint density at radius 2 is 2.07 bits per heavy atom. The lowest BCUT2D eigenvalue weighted by Crippen LogP contribution is -2.32. The van der Waals surface area contributed by atoms with E-state index in [9.17, 15) is 4.79 Å². The lowest BCUT2D eigenvalue weighted by molar-refractivity contribution is 0.0944. The molecule has 0 spiro atoms. The maximum atomic E-state index is 11.9. The summed E-state index contributed by atoms with van der Waals surface area (Å²) in [6, 6.07) is 13.4. The zero-order chi connectivity index (χ0) is 20.6. The summed E-state index contributed by atoms with van der Waals surface area (Å²) in [7, 11) is 0. The first kappa shape index (κ1) is 21.1. The number of hydrogen-bond donors (Lipinski definition) is 3. The van der Waals surface area contributed by atoms with E-state index in [1.54, 1.807) is 0 Å². The summed E-state index contributed by atoms with van der Waals surface area (Å²) in [6.07, 6.45) is 0. The number of rotatable bonds is 9. The van der Waals surface area contributed by atoms with Crippen LogP contribution < -0.4 is 21.1 Å². The molecule has 0 bridgehead atoms. The van der Waals surface area contributed by atoms with Gasteiger partial charge in [0.05, 0.1) is 0 Å². The summed E-state index contributed by atoms with van der Waals surface area (Å²) in [5.41, 5.74) is 7.44. The average Bonchev–Trinajstić information content (AvgIpc) is 3.13. The number of nitrogens with two attached hydrogens (primary N) is 1. The molecule has 1 heterocycles. The Labute approximate surface area is 180 Å². The first-order chi connectivity index (χ1) is 14.0. The zero-order valence-electron chi connectivity index (χ0n) is 15.3. The smallest absolute Gasteiger partial charge is 0.277 e. The highest BCUT2D eigenvalue weighted by atomic mass is 79.9. The van der Waals surface area contributed by atoms with Crippen molar-refractivity contribution in [3.8, 4) is 5.75 Å². The number of ether oxygens (including phenoxy) is 1. The van der Waals surface area contributed by atoms with Crippen LogP contribution in [0.2, 0.25) is 5.02 Å². The van der Waals surface area contributed by atoms with Crippen LogP contribution in [0.4, 0.5) is 5.82 Å². The fraction of sp³-hybridized carbons (Fsp3) is 0.211. The van der Waals surface area contributed by atoms with Gasteiger partial charge in [-0.1, -0.05) is 39.7 Å². The number of carbonyl (C=O) groups excluding carboxylic acids is 1. The molecule has 0 fully saturated rings. The van der Waals surface area contributed by atoms with Gasteiger partial charge in [-0.05, 0) is 46.2 Å². The second-order valence-electron chi connectivity index (χ2n) is 6.10. The molecule has 29 heavy (non-hydrogen) atoms. The van der Waals surface area contributed by atoms with E-state index >= 15 is 0 Å². The van der Waals surface area contributed by atoms with Gasteiger partial charge in [0.1, 0.15) is 12.4 Å². The van der Waals surface area contributed by atoms with Crippen LogP contribution >= 0.6 is 27.5 Å². The summed E-state index contributed by atoms with van der Waals surface area (Å²) in [5, 5.41) is 13.5. The number of nitrogens with one attached hydrogen (secondary N) is 2. The highest BCUT2D eigenvalue weighted by Gasteiger charge is 2.15. The molecule has 10 heteroatoms. The number of nitrogens with zero attached hydrogens (tertiary/aromatic N) is 2. The third-order valence-electron chi connectivity index (χ3n) is 3.94. The zero-order valence-corrected chi connectivity index (χ0v) is 17.7. The predicted octanol–water partition coefficient (Wildman–Crippen LogP) is 3.17. The first-order valence-corrected chi connectivity index (χ1v) is 9.92. The van der Waals surface area contributed by atoms with E-state index in [0.717, 1.165) is 21.3 Å². The van der Waals surface area contributed by atoms with Crippen molar-refractivity contribution >= 4 is 39.3 Å². The molecule has 1 aromatic heterocycles. The van der Waals surface area contributed by atoms with Gasteiger partial charge in [-0.25, -0.2) is 4.63 Å². The van der Waals surface area contributed by atoms with E-state index in [1.807, 2.05) is 42.5 Å². The van der Waals surface area contributed by atoms with Crippen LogP contribution in [-0.2, 0) is 13.2 Å². The second-order valence-corrected chi connectivity index (χ2v) is 7.45. The van der Waals surface area contributed by atoms with E-state index in [2.05, 4.69) is 41.5 Å². The highest BCUT2D eigenvalue weighted by molar-refractivity contribution is 9.10. The number of anilines is 1. The normalized spacial score (nSPS) is 10.7. The standard InChI is InChI=1S/C19H19BrClN5O3/c20-14-4-5-16(28-11-12-2-1-3-15(21)8-12)13(9-14)10-23-6-7-24-19(27)17-18(22)26-29-25-17/h1-5,8-9,23H,6-7,10-11H2,(H2,22,26)(H,24,27). The number of carbonyl (C=O) groups is 1. The maximum Gasteiger partial charge on any atom is 0.277 e. The minimum atomic E-state index is -0.432. The average molecular weight is 481 g/mol. The van der Waals surface area contributed by atoms with E-state index < -0.39 is 5.91 Å². The molecule has 0 aliphatic carbocycles. The molecule has 0 unspecified atom stereocenters. The summed E-state index contributed by atoms with van der Waals surface area (Å²) < 4.78 is 11.3. The molecule has 0 atom stereocenters. The van der Waals surface area contributed by atoms with Gasteiger partial charge < -0.3 is 21.1 Å². The van der Waals surface area contributed by atoms with E-state index in [-0.39, 0.29) is 11.5 Å². The Morgan fingerprint density at radius 1 is 1.21 bits per heavy atom. The summed E-state index contributed by atoms with van der Waals surface area (Å²) in [5.74, 6) is 0.302. The highest BCUT2D eigenvalue weighted by Crippen LogP contribution is 2.24. The molecule has 152 valence electrons. The summed E-state index contributed by atoms with van der Waals surface area (Å²) in [6.45, 7) is 1.90. The Hall–Kier alpha value is -2.62. The Kier molecular flexibility index (Phi) is 7.45. The van der Waals surface area contributed by atoms with Crippen molar-refractivity contribution in [1.82, 2.24) is 20.9 Å². The van der Waals surface area contributed by atoms with Gasteiger partial charge in [-0.2, -0.15) is 0 Å². The van der Waals surface area contributed by atoms with Gasteiger partial charge in [-0.3, -0.25) is 4.79 Å². The third kappa shape index (κ3) is 6.18. The van der Waals surface area contributed by atoms with E-state index in [1.165, 1.54) is 0 Å². The van der Waals surface area contributed by atoms with Crippen molar-refractivity contribution in [2.75, 3.05) is 18.8 Å². The third-order valence-corrected chi connectivity index (χ3v) is 4.67. The Bertz CT molecular complexity index is 982. The fourth-order valence-electron chi connectivity index (χ4n) is 2.54. The number of amides is 1. The van der Waals surface area contributed by atoms with Crippen LogP contribution in [0.3, 0.4) is 0 Å². The Morgan fingerprint density at radius 3 is 2.83 bits per heavy atom. The number of aromatic nitrogens is 2. The molecular weight excluding hydrogens is 462 g/mol. The van der Waals surface area contributed by atoms with Crippen molar-refractivity contribution in [2.24, 2.45) is 0 Å². The number of hydrogen-bond acceptors (Lipinski definition) is 7. The van der Waals surface area contributed by atoms with Gasteiger partial charge in [0.25, 0.3) is 5.91 Å². The first-order valence-electron chi connectivity index (χ1n) is 8.75. The fourth-order valence-corrected chi connectivity index (χ4v) is 3.16. The van der Waals surface area contributed by atoms with Gasteiger partial charge in [-0.15, -0.1) is 0 Å². The van der Waals surface area contributed by atoms with Crippen molar-refractivity contribution in [1.29, 1.82) is 0 Å². The molecule has 0 aliphatic rings. The SMILES string of the molecule is Nc1nonc1C(=O)NCCNCc1cc(Br)ccc1OCc1cccc(Cl)c1. The van der Waals surface area contributed by atoms with Crippen LogP contribution in [0.15, 0.2) is 51.6 Å².